The number of nitrogens with one attached hydrogen (secondary N) is 2. The molecule has 0 radical (unpaired) electrons. The molecule has 0 unspecified atom stereocenters. The number of carboxylic acid groups (broad SMARTS) is 1. The molecule has 0 bridgehead atoms. The van der Waals surface area contributed by atoms with Gasteiger partial charge in [0.1, 0.15) is 0 Å². The Morgan fingerprint density at radius 1 is 1.00 bits per heavy atom. The number of benzene rings is 1. The molecule has 0 saturated carbocycles. The van der Waals surface area contributed by atoms with Crippen LogP contribution in [0.25, 0.3) is 6.08 Å². The number of urea groups is 1. The van der Waals surface area contributed by atoms with E-state index in [1.165, 1.54) is 6.08 Å². The van der Waals surface area contributed by atoms with E-state index in [1.54, 1.807) is 24.3 Å². The molecule has 7 nitrogen and oxygen atoms in total. The number of amides is 2. The molecule has 1 rings (SSSR count). The van der Waals surface area contributed by atoms with Gasteiger partial charge in [-0.1, -0.05) is 49.6 Å². The lowest BCUT2D eigenvalue weighted by molar-refractivity contribution is -0.137. The molecule has 0 aliphatic heterocycles. The minimum Gasteiger partial charge on any atom is -0.481 e. The molecule has 3 N–H and O–H groups in total. The molecule has 0 saturated heterocycles. The van der Waals surface area contributed by atoms with Gasteiger partial charge in [-0.15, -0.1) is 0 Å². The molecule has 0 fully saturated rings. The third kappa shape index (κ3) is 10.9. The normalized spacial score (nSPS) is 11.4. The largest absolute Gasteiger partial charge is 0.481 e. The zero-order valence-electron chi connectivity index (χ0n) is 14.0. The van der Waals surface area contributed by atoms with Gasteiger partial charge in [0.15, 0.2) is 0 Å². The van der Waals surface area contributed by atoms with Crippen molar-refractivity contribution in [3.63, 3.8) is 0 Å². The second-order valence-electron chi connectivity index (χ2n) is 5.53. The van der Waals surface area contributed by atoms with Crippen LogP contribution in [-0.2, 0) is 14.8 Å². The Morgan fingerprint density at radius 2 is 1.64 bits per heavy atom. The van der Waals surface area contributed by atoms with Crippen LogP contribution in [0.2, 0.25) is 0 Å². The van der Waals surface area contributed by atoms with Crippen LogP contribution >= 0.6 is 0 Å². The summed E-state index contributed by atoms with van der Waals surface area (Å²) >= 11 is 0. The van der Waals surface area contributed by atoms with Gasteiger partial charge in [-0.05, 0) is 24.5 Å². The number of aliphatic carboxylic acids is 1. The first kappa shape index (κ1) is 20.7. The molecule has 0 atom stereocenters. The molecule has 8 heteroatoms. The average molecular weight is 368 g/mol. The lowest BCUT2D eigenvalue weighted by atomic mass is 10.1. The highest BCUT2D eigenvalue weighted by atomic mass is 32.2. The van der Waals surface area contributed by atoms with E-state index in [4.69, 9.17) is 5.11 Å². The molecule has 1 aromatic rings. The van der Waals surface area contributed by atoms with Crippen LogP contribution in [-0.4, -0.2) is 32.1 Å². The van der Waals surface area contributed by atoms with Crippen LogP contribution in [0.3, 0.4) is 0 Å². The van der Waals surface area contributed by atoms with E-state index in [2.05, 4.69) is 5.32 Å². The Balaban J connectivity index is 2.18. The number of carbonyl (C=O) groups excluding carboxylic acids is 1. The van der Waals surface area contributed by atoms with Crippen LogP contribution in [0.4, 0.5) is 4.79 Å². The molecule has 0 spiro atoms. The van der Waals surface area contributed by atoms with Crippen molar-refractivity contribution in [2.45, 2.75) is 38.5 Å². The maximum Gasteiger partial charge on any atom is 0.328 e. The van der Waals surface area contributed by atoms with Crippen molar-refractivity contribution in [3.05, 3.63) is 41.3 Å². The number of unbranched alkanes of at least 4 members (excludes halogenated alkanes) is 4. The molecule has 2 amide bonds. The van der Waals surface area contributed by atoms with Gasteiger partial charge >= 0.3 is 12.0 Å². The maximum atomic E-state index is 11.8. The highest BCUT2D eigenvalue weighted by Crippen LogP contribution is 2.05. The van der Waals surface area contributed by atoms with Crippen LogP contribution in [0, 0.1) is 0 Å². The summed E-state index contributed by atoms with van der Waals surface area (Å²) < 4.78 is 25.5. The third-order valence-corrected chi connectivity index (χ3v) is 4.29. The lowest BCUT2D eigenvalue weighted by Gasteiger charge is -2.06. The smallest absolute Gasteiger partial charge is 0.328 e. The van der Waals surface area contributed by atoms with Crippen molar-refractivity contribution in [1.29, 1.82) is 0 Å². The van der Waals surface area contributed by atoms with Gasteiger partial charge in [0.05, 0.1) is 5.41 Å². The fourth-order valence-corrected chi connectivity index (χ4v) is 2.80. The predicted molar refractivity (Wildman–Crippen MR) is 96.3 cm³/mol. The van der Waals surface area contributed by atoms with Gasteiger partial charge in [0.2, 0.25) is 0 Å². The summed E-state index contributed by atoms with van der Waals surface area (Å²) in [5.74, 6) is -0.791. The first-order valence-electron chi connectivity index (χ1n) is 8.14. The first-order chi connectivity index (χ1) is 11.9. The molecule has 0 aliphatic rings. The van der Waals surface area contributed by atoms with Crippen LogP contribution in [0.15, 0.2) is 35.7 Å². The molecule has 0 heterocycles. The SMILES string of the molecule is O=C(O)CCCCCCCNC(=O)NS(=O)(=O)C=Cc1ccccc1. The third-order valence-electron chi connectivity index (χ3n) is 3.33. The zero-order valence-corrected chi connectivity index (χ0v) is 14.8. The zero-order chi connectivity index (χ0) is 18.5. The monoisotopic (exact) mass is 368 g/mol. The summed E-state index contributed by atoms with van der Waals surface area (Å²) in [6, 6.07) is 8.14. The second kappa shape index (κ2) is 11.2. The molecule has 138 valence electrons. The predicted octanol–water partition coefficient (Wildman–Crippen LogP) is 2.71. The minimum atomic E-state index is -3.84. The standard InChI is InChI=1S/C17H24N2O5S/c20-16(21)11-7-2-1-3-8-13-18-17(22)19-25(23,24)14-12-15-9-5-4-6-10-15/h4-6,9-10,12,14H,1-3,7-8,11,13H2,(H,20,21)(H2,18,19,22). The number of hydrogen-bond donors (Lipinski definition) is 3. The lowest BCUT2D eigenvalue weighted by Crippen LogP contribution is -2.38. The highest BCUT2D eigenvalue weighted by molar-refractivity contribution is 7.93. The van der Waals surface area contributed by atoms with Crippen molar-refractivity contribution in [1.82, 2.24) is 10.0 Å². The van der Waals surface area contributed by atoms with Gasteiger partial charge in [0.25, 0.3) is 10.0 Å². The van der Waals surface area contributed by atoms with Crippen molar-refractivity contribution in [3.8, 4) is 0 Å². The Bertz CT molecular complexity index is 672. The first-order valence-corrected chi connectivity index (χ1v) is 9.69. The van der Waals surface area contributed by atoms with Gasteiger partial charge in [0, 0.05) is 13.0 Å². The molecular weight excluding hydrogens is 344 g/mol. The van der Waals surface area contributed by atoms with Crippen LogP contribution in [0.5, 0.6) is 0 Å². The van der Waals surface area contributed by atoms with Crippen LogP contribution < -0.4 is 10.0 Å². The van der Waals surface area contributed by atoms with Crippen LogP contribution in [0.1, 0.15) is 44.1 Å². The highest BCUT2D eigenvalue weighted by Gasteiger charge is 2.10. The Kier molecular flexibility index (Phi) is 9.31. The van der Waals surface area contributed by atoms with Gasteiger partial charge in [-0.2, -0.15) is 0 Å². The topological polar surface area (TPSA) is 113 Å². The van der Waals surface area contributed by atoms with E-state index in [9.17, 15) is 18.0 Å². The second-order valence-corrected chi connectivity index (χ2v) is 7.09. The summed E-state index contributed by atoms with van der Waals surface area (Å²) in [4.78, 5) is 21.9. The molecule has 0 aliphatic carbocycles. The number of hydrogen-bond acceptors (Lipinski definition) is 4. The number of carbonyl (C=O) groups is 2. The van der Waals surface area contributed by atoms with Crippen molar-refractivity contribution in [2.24, 2.45) is 0 Å². The van der Waals surface area contributed by atoms with Gasteiger partial charge in [-0.25, -0.2) is 17.9 Å². The number of rotatable bonds is 11. The number of carboxylic acids is 1. The van der Waals surface area contributed by atoms with E-state index in [1.807, 2.05) is 10.8 Å². The van der Waals surface area contributed by atoms with E-state index < -0.39 is 22.0 Å². The van der Waals surface area contributed by atoms with Crippen molar-refractivity contribution >= 4 is 28.1 Å². The van der Waals surface area contributed by atoms with Gasteiger partial charge in [-0.3, -0.25) is 4.79 Å². The van der Waals surface area contributed by atoms with E-state index in [0.717, 1.165) is 30.2 Å². The molecule has 0 aromatic heterocycles. The minimum absolute atomic E-state index is 0.176. The summed E-state index contributed by atoms with van der Waals surface area (Å²) in [5.41, 5.74) is 0.719. The summed E-state index contributed by atoms with van der Waals surface area (Å²) in [5, 5.41) is 11.9. The fraction of sp³-hybridized carbons (Fsp3) is 0.412. The Morgan fingerprint density at radius 3 is 2.32 bits per heavy atom. The fourth-order valence-electron chi connectivity index (χ4n) is 2.07. The quantitative estimate of drug-likeness (QED) is 0.520. The average Bonchev–Trinajstić information content (AvgIpc) is 2.56. The Labute approximate surface area is 148 Å². The maximum absolute atomic E-state index is 11.8. The summed E-state index contributed by atoms with van der Waals surface area (Å²) in [7, 11) is -3.84. The number of sulfonamides is 1. The van der Waals surface area contributed by atoms with Crippen molar-refractivity contribution in [2.75, 3.05) is 6.54 Å². The summed E-state index contributed by atoms with van der Waals surface area (Å²) in [6.07, 6.45) is 5.50. The molecular formula is C17H24N2O5S. The summed E-state index contributed by atoms with van der Waals surface area (Å²) in [6.45, 7) is 0.364. The molecule has 1 aromatic carbocycles. The van der Waals surface area contributed by atoms with Gasteiger partial charge < -0.3 is 10.4 Å². The Hall–Kier alpha value is -2.35. The molecule has 25 heavy (non-hydrogen) atoms. The van der Waals surface area contributed by atoms with E-state index >= 15 is 0 Å². The van der Waals surface area contributed by atoms with E-state index in [-0.39, 0.29) is 6.42 Å². The van der Waals surface area contributed by atoms with E-state index in [0.29, 0.717) is 19.4 Å². The van der Waals surface area contributed by atoms with Crippen molar-refractivity contribution < 1.29 is 23.1 Å².